The molecular formula is C7H16N4O. The molecular weight excluding hydrogens is 156 g/mol. The molecule has 1 rings (SSSR count). The van der Waals surface area contributed by atoms with Crippen LogP contribution in [0, 0.1) is 0 Å². The lowest BCUT2D eigenvalue weighted by atomic mass is 9.96. The SMILES string of the molecule is CC1OCCC1(C)N=C(N)NN. The smallest absolute Gasteiger partial charge is 0.203 e. The molecule has 0 radical (unpaired) electrons. The molecule has 0 bridgehead atoms. The highest BCUT2D eigenvalue weighted by Crippen LogP contribution is 2.28. The minimum absolute atomic E-state index is 0.101. The van der Waals surface area contributed by atoms with Gasteiger partial charge in [0.05, 0.1) is 11.6 Å². The topological polar surface area (TPSA) is 85.7 Å². The van der Waals surface area contributed by atoms with Crippen molar-refractivity contribution in [1.29, 1.82) is 0 Å². The van der Waals surface area contributed by atoms with E-state index in [4.69, 9.17) is 16.3 Å². The maximum absolute atomic E-state index is 5.46. The Balaban J connectivity index is 2.71. The summed E-state index contributed by atoms with van der Waals surface area (Å²) < 4.78 is 5.38. The second-order valence-electron chi connectivity index (χ2n) is 3.26. The van der Waals surface area contributed by atoms with Crippen LogP contribution in [0.25, 0.3) is 0 Å². The first-order valence-corrected chi connectivity index (χ1v) is 4.02. The van der Waals surface area contributed by atoms with Crippen molar-refractivity contribution in [3.05, 3.63) is 0 Å². The van der Waals surface area contributed by atoms with Crippen LogP contribution in [0.5, 0.6) is 0 Å². The van der Waals surface area contributed by atoms with Crippen molar-refractivity contribution in [2.24, 2.45) is 16.6 Å². The summed E-state index contributed by atoms with van der Waals surface area (Å²) in [7, 11) is 0. The average Bonchev–Trinajstić information content (AvgIpc) is 2.32. The number of nitrogens with zero attached hydrogens (tertiary/aromatic N) is 1. The Bertz CT molecular complexity index is 194. The molecule has 0 amide bonds. The van der Waals surface area contributed by atoms with E-state index in [1.54, 1.807) is 0 Å². The Labute approximate surface area is 72.1 Å². The van der Waals surface area contributed by atoms with Crippen molar-refractivity contribution in [2.45, 2.75) is 31.9 Å². The van der Waals surface area contributed by atoms with Crippen LogP contribution in [0.4, 0.5) is 0 Å². The van der Waals surface area contributed by atoms with Gasteiger partial charge in [-0.2, -0.15) is 0 Å². The summed E-state index contributed by atoms with van der Waals surface area (Å²) in [5.74, 6) is 5.37. The average molecular weight is 172 g/mol. The standard InChI is InChI=1S/C7H16N4O/c1-5-7(2,3-4-12-5)10-6(8)11-9/h5H,3-4,9H2,1-2H3,(H3,8,10,11). The fourth-order valence-electron chi connectivity index (χ4n) is 1.28. The molecule has 0 aliphatic carbocycles. The van der Waals surface area contributed by atoms with Gasteiger partial charge in [0.1, 0.15) is 0 Å². The van der Waals surface area contributed by atoms with Gasteiger partial charge >= 0.3 is 0 Å². The number of rotatable bonds is 1. The van der Waals surface area contributed by atoms with E-state index < -0.39 is 0 Å². The van der Waals surface area contributed by atoms with E-state index in [0.29, 0.717) is 0 Å². The van der Waals surface area contributed by atoms with Crippen molar-refractivity contribution in [1.82, 2.24) is 5.43 Å². The molecule has 1 aliphatic heterocycles. The van der Waals surface area contributed by atoms with Crippen LogP contribution in [-0.2, 0) is 4.74 Å². The van der Waals surface area contributed by atoms with Gasteiger partial charge in [-0.25, -0.2) is 10.8 Å². The highest BCUT2D eigenvalue weighted by molar-refractivity contribution is 5.77. The molecule has 2 atom stereocenters. The molecule has 12 heavy (non-hydrogen) atoms. The van der Waals surface area contributed by atoms with Gasteiger partial charge in [0.2, 0.25) is 5.96 Å². The van der Waals surface area contributed by atoms with E-state index in [0.717, 1.165) is 13.0 Å². The van der Waals surface area contributed by atoms with Gasteiger partial charge in [-0.05, 0) is 20.3 Å². The maximum atomic E-state index is 5.46. The number of nitrogens with one attached hydrogen (secondary N) is 1. The number of nitrogens with two attached hydrogens (primary N) is 2. The van der Waals surface area contributed by atoms with E-state index >= 15 is 0 Å². The zero-order valence-corrected chi connectivity index (χ0v) is 7.50. The van der Waals surface area contributed by atoms with E-state index in [2.05, 4.69) is 10.4 Å². The van der Waals surface area contributed by atoms with E-state index in [1.165, 1.54) is 0 Å². The van der Waals surface area contributed by atoms with Gasteiger partial charge in [0.15, 0.2) is 0 Å². The van der Waals surface area contributed by atoms with Crippen LogP contribution < -0.4 is 17.0 Å². The van der Waals surface area contributed by atoms with Crippen molar-refractivity contribution in [3.8, 4) is 0 Å². The predicted octanol–water partition coefficient (Wildman–Crippen LogP) is -0.668. The molecule has 1 saturated heterocycles. The number of hydrazine groups is 1. The third-order valence-corrected chi connectivity index (χ3v) is 2.38. The highest BCUT2D eigenvalue weighted by Gasteiger charge is 2.36. The Morgan fingerprint density at radius 2 is 2.42 bits per heavy atom. The molecule has 1 aliphatic rings. The van der Waals surface area contributed by atoms with Crippen LogP contribution >= 0.6 is 0 Å². The summed E-state index contributed by atoms with van der Waals surface area (Å²) >= 11 is 0. The Morgan fingerprint density at radius 1 is 1.75 bits per heavy atom. The Hall–Kier alpha value is -0.810. The molecule has 1 heterocycles. The van der Waals surface area contributed by atoms with Crippen LogP contribution in [0.1, 0.15) is 20.3 Å². The molecule has 0 aromatic carbocycles. The third kappa shape index (κ3) is 1.67. The summed E-state index contributed by atoms with van der Waals surface area (Å²) in [6.07, 6.45) is 0.987. The van der Waals surface area contributed by atoms with E-state index in [9.17, 15) is 0 Å². The lowest BCUT2D eigenvalue weighted by molar-refractivity contribution is 0.101. The monoisotopic (exact) mass is 172 g/mol. The van der Waals surface area contributed by atoms with Crippen molar-refractivity contribution in [2.75, 3.05) is 6.61 Å². The Morgan fingerprint density at radius 3 is 2.83 bits per heavy atom. The fourth-order valence-corrected chi connectivity index (χ4v) is 1.28. The van der Waals surface area contributed by atoms with Gasteiger partial charge in [-0.1, -0.05) is 0 Å². The minimum Gasteiger partial charge on any atom is -0.376 e. The molecule has 0 saturated carbocycles. The number of hydrogen-bond acceptors (Lipinski definition) is 3. The first-order chi connectivity index (χ1) is 5.58. The number of hydrogen-bond donors (Lipinski definition) is 3. The molecule has 0 aromatic rings. The van der Waals surface area contributed by atoms with Crippen molar-refractivity contribution < 1.29 is 4.74 Å². The Kier molecular flexibility index (Phi) is 2.54. The largest absolute Gasteiger partial charge is 0.376 e. The number of aliphatic imine (C=N–C) groups is 1. The summed E-state index contributed by atoms with van der Waals surface area (Å²) in [5.41, 5.74) is 7.54. The van der Waals surface area contributed by atoms with Crippen LogP contribution in [0.3, 0.4) is 0 Å². The number of guanidine groups is 1. The molecule has 2 unspecified atom stereocenters. The summed E-state index contributed by atoms with van der Waals surface area (Å²) in [4.78, 5) is 4.24. The molecule has 1 fully saturated rings. The van der Waals surface area contributed by atoms with Crippen molar-refractivity contribution >= 4 is 5.96 Å². The molecule has 0 spiro atoms. The second-order valence-corrected chi connectivity index (χ2v) is 3.26. The predicted molar refractivity (Wildman–Crippen MR) is 47.4 cm³/mol. The van der Waals surface area contributed by atoms with E-state index in [1.807, 2.05) is 13.8 Å². The second kappa shape index (κ2) is 3.28. The number of ether oxygens (including phenoxy) is 1. The van der Waals surface area contributed by atoms with Crippen LogP contribution in [0.2, 0.25) is 0 Å². The van der Waals surface area contributed by atoms with Gasteiger partial charge < -0.3 is 10.5 Å². The molecule has 5 nitrogen and oxygen atoms in total. The third-order valence-electron chi connectivity index (χ3n) is 2.38. The van der Waals surface area contributed by atoms with E-state index in [-0.39, 0.29) is 17.6 Å². The van der Waals surface area contributed by atoms with Crippen LogP contribution in [0.15, 0.2) is 4.99 Å². The first kappa shape index (κ1) is 9.28. The van der Waals surface area contributed by atoms with Gasteiger partial charge in [-0.15, -0.1) is 0 Å². The van der Waals surface area contributed by atoms with Gasteiger partial charge in [0.25, 0.3) is 0 Å². The van der Waals surface area contributed by atoms with Crippen LogP contribution in [-0.4, -0.2) is 24.2 Å². The molecule has 5 heteroatoms. The van der Waals surface area contributed by atoms with Gasteiger partial charge in [-0.3, -0.25) is 5.43 Å². The lowest BCUT2D eigenvalue weighted by Gasteiger charge is -2.22. The molecule has 70 valence electrons. The quantitative estimate of drug-likeness (QED) is 0.212. The summed E-state index contributed by atoms with van der Waals surface area (Å²) in [6.45, 7) is 4.73. The molecule has 5 N–H and O–H groups in total. The minimum atomic E-state index is -0.226. The fraction of sp³-hybridized carbons (Fsp3) is 0.857. The lowest BCUT2D eigenvalue weighted by Crippen LogP contribution is -2.42. The molecule has 0 aromatic heterocycles. The zero-order valence-electron chi connectivity index (χ0n) is 7.50. The summed E-state index contributed by atoms with van der Waals surface area (Å²) in [5, 5.41) is 0. The van der Waals surface area contributed by atoms with Crippen molar-refractivity contribution in [3.63, 3.8) is 0 Å². The zero-order chi connectivity index (χ0) is 9.19. The maximum Gasteiger partial charge on any atom is 0.203 e. The highest BCUT2D eigenvalue weighted by atomic mass is 16.5. The normalized spacial score (nSPS) is 36.9. The van der Waals surface area contributed by atoms with Gasteiger partial charge in [0, 0.05) is 6.61 Å². The first-order valence-electron chi connectivity index (χ1n) is 4.02. The summed E-state index contributed by atoms with van der Waals surface area (Å²) in [6, 6.07) is 0.